The van der Waals surface area contributed by atoms with E-state index >= 15 is 0 Å². The lowest BCUT2D eigenvalue weighted by atomic mass is 9.73. The summed E-state index contributed by atoms with van der Waals surface area (Å²) < 4.78 is 238. The van der Waals surface area contributed by atoms with Gasteiger partial charge in [0.15, 0.2) is 29.5 Å². The van der Waals surface area contributed by atoms with Crippen LogP contribution in [0.25, 0.3) is 11.1 Å². The summed E-state index contributed by atoms with van der Waals surface area (Å²) in [5.41, 5.74) is 2.13. The first kappa shape index (κ1) is 116. The molecule has 0 amide bonds. The largest absolute Gasteiger partial charge is 0.768 e. The third-order valence-corrected chi connectivity index (χ3v) is 25.3. The maximum atomic E-state index is 14.5. The van der Waals surface area contributed by atoms with Gasteiger partial charge in [-0.05, 0) is 291 Å². The number of rotatable bonds is 23. The fourth-order valence-electron chi connectivity index (χ4n) is 12.5. The maximum absolute atomic E-state index is 14.5. The van der Waals surface area contributed by atoms with E-state index in [-0.39, 0.29) is 119 Å². The number of hydrogen-bond acceptors (Lipinski definition) is 16. The molecule has 1 atom stereocenters. The predicted molar refractivity (Wildman–Crippen MR) is 526 cm³/mol. The summed E-state index contributed by atoms with van der Waals surface area (Å²) in [5, 5.41) is 0. The Bertz CT molecular complexity index is 6450. The zero-order valence-corrected chi connectivity index (χ0v) is 72.3. The lowest BCUT2D eigenvalue weighted by Gasteiger charge is -2.38. The van der Waals surface area contributed by atoms with Crippen LogP contribution in [0.1, 0.15) is 125 Å². The van der Waals surface area contributed by atoms with Crippen molar-refractivity contribution in [2.45, 2.75) is 161 Å². The summed E-state index contributed by atoms with van der Waals surface area (Å²) in [7, 11) is -13.7. The first-order chi connectivity index (χ1) is 58.5. The fourth-order valence-corrected chi connectivity index (χ4v) is 16.0. The van der Waals surface area contributed by atoms with Gasteiger partial charge in [-0.1, -0.05) is 224 Å². The molecule has 14 aromatic carbocycles. The molecule has 0 saturated heterocycles. The number of alkyl halides is 6. The Morgan fingerprint density at radius 3 is 0.594 bits per heavy atom. The number of ether oxygens (including phenoxy) is 6. The zero-order chi connectivity index (χ0) is 89.6. The first-order valence-corrected chi connectivity index (χ1v) is 46.2. The van der Waals surface area contributed by atoms with Crippen LogP contribution in [-0.4, -0.2) is 73.6 Å². The van der Waals surface area contributed by atoms with Gasteiger partial charge in [-0.2, -0.15) is 26.3 Å². The molecule has 133 heavy (non-hydrogen) atoms. The van der Waals surface area contributed by atoms with E-state index in [1.807, 2.05) is 118 Å². The van der Waals surface area contributed by atoms with Crippen molar-refractivity contribution >= 4 is 50.4 Å². The van der Waals surface area contributed by atoms with E-state index < -0.39 is 79.3 Å². The Labute approximate surface area is 786 Å². The molecule has 1 unspecified atom stereocenters. The molecule has 14 rings (SSSR count). The molecule has 0 saturated carbocycles. The first-order valence-electron chi connectivity index (χ1n) is 37.9. The van der Waals surface area contributed by atoms with Crippen molar-refractivity contribution in [3.05, 3.63) is 384 Å². The molecule has 0 aliphatic rings. The quantitative estimate of drug-likeness (QED) is 0.0428. The predicted octanol–water partition coefficient (Wildman–Crippen LogP) is 30.1. The molecule has 0 aliphatic carbocycles. The summed E-state index contributed by atoms with van der Waals surface area (Å²) in [4.78, 5) is 1.11. The van der Waals surface area contributed by atoms with Crippen molar-refractivity contribution in [2.24, 2.45) is 0 Å². The lowest BCUT2D eigenvalue weighted by Crippen LogP contribution is -2.54. The molecular formula is C106H119F6O16S5-. The van der Waals surface area contributed by atoms with Crippen LogP contribution in [0.3, 0.4) is 0 Å². The maximum Gasteiger partial charge on any atom is 0.411 e. The molecule has 0 bridgehead atoms. The highest BCUT2D eigenvalue weighted by Crippen LogP contribution is 2.57. The third kappa shape index (κ3) is 30.7. The van der Waals surface area contributed by atoms with Crippen LogP contribution in [0.5, 0.6) is 69.0 Å². The highest BCUT2D eigenvalue weighted by Gasteiger charge is 2.72. The van der Waals surface area contributed by atoms with Crippen LogP contribution < -0.4 is 28.4 Å². The molecule has 14 aromatic rings. The van der Waals surface area contributed by atoms with Gasteiger partial charge in [0.05, 0.1) is 24.5 Å². The molecule has 0 radical (unpaired) electrons. The molecule has 0 heterocycles. The second kappa shape index (κ2) is 49.2. The third-order valence-electron chi connectivity index (χ3n) is 19.5. The van der Waals surface area contributed by atoms with Crippen molar-refractivity contribution in [3.8, 4) is 80.1 Å². The number of benzene rings is 14. The Hall–Kier alpha value is -12.6. The molecular weight excluding hydrogens is 1800 g/mol. The van der Waals surface area contributed by atoms with Crippen molar-refractivity contribution in [1.82, 2.24) is 0 Å². The minimum Gasteiger partial charge on any atom is -0.768 e. The Balaban J connectivity index is 0.000000604. The van der Waals surface area contributed by atoms with Gasteiger partial charge in [-0.3, -0.25) is 4.21 Å². The van der Waals surface area contributed by atoms with Gasteiger partial charge in [0.2, 0.25) is 15.3 Å². The van der Waals surface area contributed by atoms with Crippen molar-refractivity contribution in [1.29, 1.82) is 0 Å². The van der Waals surface area contributed by atoms with E-state index in [2.05, 4.69) is 45.0 Å². The van der Waals surface area contributed by atoms with Gasteiger partial charge in [0.1, 0.15) is 69.0 Å². The van der Waals surface area contributed by atoms with Gasteiger partial charge >= 0.3 is 12.4 Å². The van der Waals surface area contributed by atoms with E-state index in [1.165, 1.54) is 78.0 Å². The lowest BCUT2D eigenvalue weighted by molar-refractivity contribution is -0.288. The van der Waals surface area contributed by atoms with E-state index in [0.717, 1.165) is 99.5 Å². The van der Waals surface area contributed by atoms with Gasteiger partial charge in [-0.25, -0.2) is 33.7 Å². The normalized spacial score (nSPS) is 11.3. The van der Waals surface area contributed by atoms with Crippen LogP contribution in [-0.2, 0) is 61.3 Å². The van der Waals surface area contributed by atoms with Crippen molar-refractivity contribution in [3.63, 3.8) is 0 Å². The van der Waals surface area contributed by atoms with Crippen molar-refractivity contribution in [2.75, 3.05) is 18.8 Å². The average Bonchev–Trinajstić information content (AvgIpc) is 0.714. The summed E-state index contributed by atoms with van der Waals surface area (Å²) in [5.74, 6) is 5.66. The van der Waals surface area contributed by atoms with Crippen LogP contribution in [0.2, 0.25) is 0 Å². The van der Waals surface area contributed by atoms with Crippen LogP contribution in [0, 0.1) is 27.7 Å². The number of aryl methyl sites for hydroxylation is 4. The smallest absolute Gasteiger partial charge is 0.411 e. The Morgan fingerprint density at radius 1 is 0.241 bits per heavy atom. The molecule has 16 nitrogen and oxygen atoms in total. The molecule has 0 aromatic heterocycles. The minimum atomic E-state index is -5.76. The highest BCUT2D eigenvalue weighted by atomic mass is 32.2. The van der Waals surface area contributed by atoms with Crippen LogP contribution >= 0.6 is 0 Å². The number of halogens is 6. The van der Waals surface area contributed by atoms with E-state index in [1.54, 1.807) is 109 Å². The summed E-state index contributed by atoms with van der Waals surface area (Å²) in [6.07, 6.45) is -8.17. The molecule has 0 fully saturated rings. The molecule has 0 N–H and O–H groups in total. The molecule has 0 aliphatic heterocycles. The topological polar surface area (TPSA) is 232 Å². The monoisotopic (exact) mass is 1920 g/mol. The minimum absolute atomic E-state index is 0. The van der Waals surface area contributed by atoms with E-state index in [4.69, 9.17) is 28.4 Å². The SMILES string of the molecule is C.C.C.C.C.C.C.C.C.Cc1ccc(-c2ccc(S(=O)(=O)c3ccc(Oc4ccc(S(C)(=O)=O)cc4)cc3)cc2)cc1.Cc1ccc(Oc2ccc(C(C)(C)c3ccc(Oc4ccc(S(C)(=O)=O)cc4)cc3)cc2)cc1.Cc1ccc(Oc2ccc(C(c3ccc(Oc4ccc(S(C)(=O)=O)cc4)cc3)(C(F)(F)F)C(F)(F)F)cc2)cc1.Cc1ccc(Oc2ccc(S(=O)[O-])cc2)cc1. The summed E-state index contributed by atoms with van der Waals surface area (Å²) in [6.45, 7) is 12.3. The fraction of sp³-hybridized carbons (Fsp3) is 0.208. The Kier molecular flexibility index (Phi) is 43.1. The second-order valence-corrected chi connectivity index (χ2v) is 38.3. The average molecular weight is 1920 g/mol. The van der Waals surface area contributed by atoms with Gasteiger partial charge < -0.3 is 33.0 Å². The summed E-state index contributed by atoms with van der Waals surface area (Å²) >= 11 is -2.19. The van der Waals surface area contributed by atoms with Gasteiger partial charge in [-0.15, -0.1) is 0 Å². The zero-order valence-electron chi connectivity index (χ0n) is 68.2. The van der Waals surface area contributed by atoms with E-state index in [9.17, 15) is 68.8 Å². The standard InChI is InChI=1S/C29H22F6O4S.C29H28O4S.C26H22O5S2.C13H12O3S.9CH4/c1-19-3-9-22(10-4-19)38-23-11-5-20(6-12-23)27(28(30,31)32,29(33,34)35)21-7-13-24(14-8-21)39-25-15-17-26(18-16-25)40(2,36)37;1-21-5-11-24(12-6-21)32-25-13-7-22(8-14-25)29(2,3)23-9-15-26(16-10-23)33-27-17-19-28(20-18-27)34(4,30)31;1-19-3-5-20(6-4-19)21-7-13-25(14-8-21)33(29,30)26-17-11-23(12-18-26)31-22-9-15-24(16-10-22)32(2,27)28;1-10-2-4-11(5-3-10)16-12-6-8-13(9-7-12)17(14)15;;;;;;;;;/h3-18H,1-2H3;5-20H,1-4H3;3-18H,1-2H3;2-9H,1H3,(H,14,15);9*1H4/p-1. The van der Waals surface area contributed by atoms with Crippen LogP contribution in [0.4, 0.5) is 26.3 Å². The van der Waals surface area contributed by atoms with Crippen LogP contribution in [0.15, 0.2) is 369 Å². The van der Waals surface area contributed by atoms with E-state index in [0.29, 0.717) is 46.6 Å². The summed E-state index contributed by atoms with van der Waals surface area (Å²) in [6, 6.07) is 90.4. The van der Waals surface area contributed by atoms with Gasteiger partial charge in [0.25, 0.3) is 0 Å². The molecule has 27 heteroatoms. The highest BCUT2D eigenvalue weighted by molar-refractivity contribution is 7.92. The van der Waals surface area contributed by atoms with Gasteiger partial charge in [0, 0.05) is 29.1 Å². The molecule has 0 spiro atoms. The van der Waals surface area contributed by atoms with Crippen molar-refractivity contribution < 1.29 is 97.2 Å². The number of sulfone groups is 4. The Morgan fingerprint density at radius 2 is 0.398 bits per heavy atom. The second-order valence-electron chi connectivity index (χ2n) is 29.3. The molecule has 712 valence electrons. The number of hydrogen-bond donors (Lipinski definition) is 0.